The van der Waals surface area contributed by atoms with Crippen LogP contribution in [0.15, 0.2) is 4.99 Å². The standard InChI is InChI=1S/C7H14NOP/c1-5-3-6(9)7(10-2)8-4-5/h5-6,9-10H,3-4H2,1-2H3/t5-,6?/m0/s1. The summed E-state index contributed by atoms with van der Waals surface area (Å²) in [4.78, 5) is 4.29. The minimum Gasteiger partial charge on any atom is -0.387 e. The minimum absolute atomic E-state index is 0.243. The fourth-order valence-corrected chi connectivity index (χ4v) is 1.87. The van der Waals surface area contributed by atoms with Crippen LogP contribution < -0.4 is 0 Å². The first-order valence-electron chi connectivity index (χ1n) is 3.64. The lowest BCUT2D eigenvalue weighted by Crippen LogP contribution is -2.25. The summed E-state index contributed by atoms with van der Waals surface area (Å²) in [6.07, 6.45) is 0.659. The summed E-state index contributed by atoms with van der Waals surface area (Å²) in [6.45, 7) is 5.10. The van der Waals surface area contributed by atoms with E-state index in [0.29, 0.717) is 14.5 Å². The van der Waals surface area contributed by atoms with E-state index in [1.54, 1.807) is 0 Å². The summed E-state index contributed by atoms with van der Waals surface area (Å²) in [5.74, 6) is 0.565. The van der Waals surface area contributed by atoms with Gasteiger partial charge in [-0.05, 0) is 19.0 Å². The van der Waals surface area contributed by atoms with Crippen molar-refractivity contribution in [3.05, 3.63) is 0 Å². The Morgan fingerprint density at radius 3 is 2.90 bits per heavy atom. The molecule has 0 radical (unpaired) electrons. The number of hydrogen-bond acceptors (Lipinski definition) is 2. The Labute approximate surface area is 63.5 Å². The summed E-state index contributed by atoms with van der Waals surface area (Å²) >= 11 is 0. The van der Waals surface area contributed by atoms with Crippen molar-refractivity contribution in [2.24, 2.45) is 10.9 Å². The van der Waals surface area contributed by atoms with Crippen LogP contribution in [0.3, 0.4) is 0 Å². The van der Waals surface area contributed by atoms with Crippen molar-refractivity contribution < 1.29 is 5.11 Å². The van der Waals surface area contributed by atoms with Gasteiger partial charge in [0.25, 0.3) is 0 Å². The van der Waals surface area contributed by atoms with Crippen LogP contribution in [-0.2, 0) is 0 Å². The van der Waals surface area contributed by atoms with E-state index in [1.165, 1.54) is 0 Å². The molecule has 3 heteroatoms. The second kappa shape index (κ2) is 3.45. The van der Waals surface area contributed by atoms with Crippen molar-refractivity contribution >= 4 is 14.0 Å². The quantitative estimate of drug-likeness (QED) is 0.571. The lowest BCUT2D eigenvalue weighted by molar-refractivity contribution is 0.204. The van der Waals surface area contributed by atoms with Crippen molar-refractivity contribution in [1.29, 1.82) is 0 Å². The first-order chi connectivity index (χ1) is 4.74. The molecule has 0 aromatic rings. The van der Waals surface area contributed by atoms with Gasteiger partial charge in [-0.1, -0.05) is 15.5 Å². The molecule has 1 rings (SSSR count). The van der Waals surface area contributed by atoms with Gasteiger partial charge in [0.15, 0.2) is 0 Å². The fraction of sp³-hybridized carbons (Fsp3) is 0.857. The number of hydrogen-bond donors (Lipinski definition) is 1. The van der Waals surface area contributed by atoms with Crippen molar-refractivity contribution in [2.75, 3.05) is 13.2 Å². The van der Waals surface area contributed by atoms with Gasteiger partial charge in [0.05, 0.1) is 11.6 Å². The molecule has 1 aliphatic rings. The topological polar surface area (TPSA) is 32.6 Å². The van der Waals surface area contributed by atoms with Crippen molar-refractivity contribution in [2.45, 2.75) is 19.4 Å². The third-order valence-electron chi connectivity index (χ3n) is 1.77. The number of aliphatic hydroxyl groups excluding tert-OH is 1. The average molecular weight is 159 g/mol. The third-order valence-corrected chi connectivity index (χ3v) is 2.77. The highest BCUT2D eigenvalue weighted by atomic mass is 31.1. The molecule has 0 aromatic carbocycles. The first kappa shape index (κ1) is 8.16. The van der Waals surface area contributed by atoms with Gasteiger partial charge in [-0.3, -0.25) is 4.99 Å². The minimum atomic E-state index is -0.243. The molecule has 0 fully saturated rings. The number of aliphatic imine (C=N–C) groups is 1. The molecule has 2 unspecified atom stereocenters. The Kier molecular flexibility index (Phi) is 2.82. The Morgan fingerprint density at radius 1 is 1.70 bits per heavy atom. The maximum Gasteiger partial charge on any atom is 0.0958 e. The van der Waals surface area contributed by atoms with E-state index in [2.05, 4.69) is 18.6 Å². The normalized spacial score (nSPS) is 34.9. The van der Waals surface area contributed by atoms with Crippen LogP contribution in [0.2, 0.25) is 0 Å². The van der Waals surface area contributed by atoms with Crippen LogP contribution in [0.25, 0.3) is 0 Å². The van der Waals surface area contributed by atoms with E-state index in [0.717, 1.165) is 18.4 Å². The molecule has 2 nitrogen and oxygen atoms in total. The van der Waals surface area contributed by atoms with Gasteiger partial charge in [-0.2, -0.15) is 0 Å². The van der Waals surface area contributed by atoms with Crippen LogP contribution >= 0.6 is 8.58 Å². The summed E-state index contributed by atoms with van der Waals surface area (Å²) in [7, 11) is 0.677. The molecular formula is C7H14NOP. The van der Waals surface area contributed by atoms with E-state index in [9.17, 15) is 5.11 Å². The van der Waals surface area contributed by atoms with Crippen molar-refractivity contribution in [3.8, 4) is 0 Å². The SMILES string of the molecule is CPC1=NC[C@@H](C)CC1O. The monoisotopic (exact) mass is 159 g/mol. The maximum atomic E-state index is 9.42. The van der Waals surface area contributed by atoms with Gasteiger partial charge in [-0.15, -0.1) is 0 Å². The Balaban J connectivity index is 2.57. The van der Waals surface area contributed by atoms with Gasteiger partial charge in [0, 0.05) is 6.54 Å². The van der Waals surface area contributed by atoms with Gasteiger partial charge in [0.1, 0.15) is 0 Å². The molecule has 0 aliphatic carbocycles. The molecule has 1 aliphatic heterocycles. The van der Waals surface area contributed by atoms with Gasteiger partial charge < -0.3 is 5.11 Å². The average Bonchev–Trinajstić information content (AvgIpc) is 1.88. The number of nitrogens with zero attached hydrogens (tertiary/aromatic N) is 1. The summed E-state index contributed by atoms with van der Waals surface area (Å²) < 4.78 is 0. The van der Waals surface area contributed by atoms with E-state index < -0.39 is 0 Å². The Morgan fingerprint density at radius 2 is 2.40 bits per heavy atom. The first-order valence-corrected chi connectivity index (χ1v) is 5.14. The zero-order chi connectivity index (χ0) is 7.56. The molecule has 10 heavy (non-hydrogen) atoms. The van der Waals surface area contributed by atoms with Gasteiger partial charge >= 0.3 is 0 Å². The molecule has 0 spiro atoms. The molecule has 0 aromatic heterocycles. The van der Waals surface area contributed by atoms with E-state index in [1.807, 2.05) is 0 Å². The van der Waals surface area contributed by atoms with Gasteiger partial charge in [0.2, 0.25) is 0 Å². The second-order valence-electron chi connectivity index (χ2n) is 2.83. The van der Waals surface area contributed by atoms with Crippen molar-refractivity contribution in [3.63, 3.8) is 0 Å². The van der Waals surface area contributed by atoms with Crippen LogP contribution in [0.1, 0.15) is 13.3 Å². The predicted octanol–water partition coefficient (Wildman–Crippen LogP) is 1.09. The summed E-state index contributed by atoms with van der Waals surface area (Å²) in [6, 6.07) is 0. The second-order valence-corrected chi connectivity index (χ2v) is 3.84. The maximum absolute atomic E-state index is 9.42. The Bertz CT molecular complexity index is 147. The summed E-state index contributed by atoms with van der Waals surface area (Å²) in [5.41, 5.74) is 1.01. The molecule has 0 amide bonds. The van der Waals surface area contributed by atoms with Crippen LogP contribution in [0.5, 0.6) is 0 Å². The van der Waals surface area contributed by atoms with Crippen LogP contribution in [0, 0.1) is 5.92 Å². The van der Waals surface area contributed by atoms with Crippen LogP contribution in [0.4, 0.5) is 0 Å². The molecular weight excluding hydrogens is 145 g/mol. The molecule has 3 atom stereocenters. The highest BCUT2D eigenvalue weighted by molar-refractivity contribution is 7.57. The zero-order valence-electron chi connectivity index (χ0n) is 6.46. The fourth-order valence-electron chi connectivity index (χ4n) is 1.17. The highest BCUT2D eigenvalue weighted by Gasteiger charge is 2.19. The third kappa shape index (κ3) is 1.77. The lowest BCUT2D eigenvalue weighted by Gasteiger charge is -2.21. The Hall–Kier alpha value is 0.0600. The molecule has 0 bridgehead atoms. The highest BCUT2D eigenvalue weighted by Crippen LogP contribution is 2.21. The molecule has 0 saturated carbocycles. The summed E-state index contributed by atoms with van der Waals surface area (Å²) in [5, 5.41) is 9.42. The van der Waals surface area contributed by atoms with Crippen LogP contribution in [-0.4, -0.2) is 29.9 Å². The molecule has 0 saturated heterocycles. The van der Waals surface area contributed by atoms with E-state index in [-0.39, 0.29) is 6.10 Å². The van der Waals surface area contributed by atoms with Crippen molar-refractivity contribution in [1.82, 2.24) is 0 Å². The van der Waals surface area contributed by atoms with E-state index >= 15 is 0 Å². The number of aliphatic hydroxyl groups is 1. The molecule has 1 N–H and O–H groups in total. The smallest absolute Gasteiger partial charge is 0.0958 e. The van der Waals surface area contributed by atoms with Gasteiger partial charge in [-0.25, -0.2) is 0 Å². The predicted molar refractivity (Wildman–Crippen MR) is 46.3 cm³/mol. The molecule has 1 heterocycles. The lowest BCUT2D eigenvalue weighted by atomic mass is 10.0. The largest absolute Gasteiger partial charge is 0.387 e. The number of rotatable bonds is 1. The molecule has 58 valence electrons. The zero-order valence-corrected chi connectivity index (χ0v) is 7.46. The van der Waals surface area contributed by atoms with E-state index in [4.69, 9.17) is 0 Å².